The standard InChI is InChI=1S/C15H20N2O/c1-11(13-5-2-4-12(8-13)9-16)17-15-7-3-6-14(15)10-18/h2,4-5,8,11,14-15,17-18H,3,6-7,10H2,1H3. The number of nitrogens with zero attached hydrogens (tertiary/aromatic N) is 1. The van der Waals surface area contributed by atoms with Crippen molar-refractivity contribution < 1.29 is 5.11 Å². The zero-order valence-electron chi connectivity index (χ0n) is 10.8. The molecule has 0 saturated heterocycles. The van der Waals surface area contributed by atoms with E-state index in [2.05, 4.69) is 18.3 Å². The van der Waals surface area contributed by atoms with Gasteiger partial charge in [-0.15, -0.1) is 0 Å². The highest BCUT2D eigenvalue weighted by molar-refractivity contribution is 5.34. The van der Waals surface area contributed by atoms with Gasteiger partial charge in [-0.05, 0) is 43.4 Å². The number of aliphatic hydroxyl groups is 1. The molecule has 1 fully saturated rings. The first kappa shape index (κ1) is 13.1. The van der Waals surface area contributed by atoms with Crippen LogP contribution in [0.15, 0.2) is 24.3 Å². The van der Waals surface area contributed by atoms with Crippen molar-refractivity contribution in [2.75, 3.05) is 6.61 Å². The Hall–Kier alpha value is -1.37. The molecule has 1 aliphatic carbocycles. The number of rotatable bonds is 4. The molecule has 0 aliphatic heterocycles. The van der Waals surface area contributed by atoms with Gasteiger partial charge in [-0.1, -0.05) is 18.6 Å². The molecule has 3 heteroatoms. The van der Waals surface area contributed by atoms with Crippen molar-refractivity contribution in [1.29, 1.82) is 5.26 Å². The van der Waals surface area contributed by atoms with Gasteiger partial charge in [0.2, 0.25) is 0 Å². The summed E-state index contributed by atoms with van der Waals surface area (Å²) in [5.74, 6) is 0.381. The van der Waals surface area contributed by atoms with E-state index < -0.39 is 0 Å². The van der Waals surface area contributed by atoms with Crippen LogP contribution in [0, 0.1) is 17.2 Å². The maximum atomic E-state index is 9.32. The number of aliphatic hydroxyl groups excluding tert-OH is 1. The lowest BCUT2D eigenvalue weighted by Gasteiger charge is -2.24. The van der Waals surface area contributed by atoms with E-state index in [1.807, 2.05) is 24.3 Å². The molecule has 0 bridgehead atoms. The summed E-state index contributed by atoms with van der Waals surface area (Å²) in [5.41, 5.74) is 1.84. The highest BCUT2D eigenvalue weighted by Gasteiger charge is 2.27. The lowest BCUT2D eigenvalue weighted by atomic mass is 10.0. The number of nitrogens with one attached hydrogen (secondary N) is 1. The predicted octanol–water partition coefficient (Wildman–Crippen LogP) is 2.37. The second-order valence-corrected chi connectivity index (χ2v) is 5.11. The summed E-state index contributed by atoms with van der Waals surface area (Å²) >= 11 is 0. The van der Waals surface area contributed by atoms with Gasteiger partial charge in [0.15, 0.2) is 0 Å². The molecule has 0 aromatic heterocycles. The summed E-state index contributed by atoms with van der Waals surface area (Å²) < 4.78 is 0. The van der Waals surface area contributed by atoms with E-state index in [9.17, 15) is 5.11 Å². The molecule has 3 atom stereocenters. The highest BCUT2D eigenvalue weighted by atomic mass is 16.3. The smallest absolute Gasteiger partial charge is 0.0991 e. The number of hydrogen-bond acceptors (Lipinski definition) is 3. The van der Waals surface area contributed by atoms with Crippen molar-refractivity contribution in [3.8, 4) is 6.07 Å². The summed E-state index contributed by atoms with van der Waals surface area (Å²) in [6.07, 6.45) is 3.43. The molecule has 3 unspecified atom stereocenters. The van der Waals surface area contributed by atoms with E-state index >= 15 is 0 Å². The largest absolute Gasteiger partial charge is 0.396 e. The quantitative estimate of drug-likeness (QED) is 0.855. The number of benzene rings is 1. The average Bonchev–Trinajstić information content (AvgIpc) is 2.86. The van der Waals surface area contributed by atoms with E-state index in [4.69, 9.17) is 5.26 Å². The molecule has 0 amide bonds. The first-order chi connectivity index (χ1) is 8.74. The third-order valence-corrected chi connectivity index (χ3v) is 3.87. The van der Waals surface area contributed by atoms with Crippen LogP contribution in [0.4, 0.5) is 0 Å². The van der Waals surface area contributed by atoms with Gasteiger partial charge in [-0.3, -0.25) is 0 Å². The molecule has 96 valence electrons. The van der Waals surface area contributed by atoms with Gasteiger partial charge in [0, 0.05) is 18.7 Å². The molecular formula is C15H20N2O. The Morgan fingerprint density at radius 2 is 2.33 bits per heavy atom. The molecule has 1 aromatic rings. The average molecular weight is 244 g/mol. The molecule has 0 heterocycles. The Bertz CT molecular complexity index is 438. The lowest BCUT2D eigenvalue weighted by molar-refractivity contribution is 0.200. The monoisotopic (exact) mass is 244 g/mol. The van der Waals surface area contributed by atoms with Crippen molar-refractivity contribution in [2.24, 2.45) is 5.92 Å². The van der Waals surface area contributed by atoms with Crippen LogP contribution < -0.4 is 5.32 Å². The number of nitriles is 1. The Balaban J connectivity index is 2.03. The molecule has 0 spiro atoms. The SMILES string of the molecule is CC(NC1CCCC1CO)c1cccc(C#N)c1. The molecular weight excluding hydrogens is 224 g/mol. The van der Waals surface area contributed by atoms with Crippen molar-refractivity contribution >= 4 is 0 Å². The first-order valence-corrected chi connectivity index (χ1v) is 6.61. The minimum Gasteiger partial charge on any atom is -0.396 e. The van der Waals surface area contributed by atoms with Crippen LogP contribution in [-0.2, 0) is 0 Å². The Kier molecular flexibility index (Phi) is 4.35. The second-order valence-electron chi connectivity index (χ2n) is 5.11. The Morgan fingerprint density at radius 3 is 3.06 bits per heavy atom. The van der Waals surface area contributed by atoms with Crippen LogP contribution in [0.5, 0.6) is 0 Å². The van der Waals surface area contributed by atoms with Gasteiger partial charge in [0.25, 0.3) is 0 Å². The Morgan fingerprint density at radius 1 is 1.50 bits per heavy atom. The maximum Gasteiger partial charge on any atom is 0.0991 e. The van der Waals surface area contributed by atoms with Crippen LogP contribution in [-0.4, -0.2) is 17.8 Å². The molecule has 1 aliphatic rings. The third kappa shape index (κ3) is 2.90. The molecule has 18 heavy (non-hydrogen) atoms. The van der Waals surface area contributed by atoms with E-state index in [0.29, 0.717) is 17.5 Å². The summed E-state index contributed by atoms with van der Waals surface area (Å²) in [4.78, 5) is 0. The second kappa shape index (κ2) is 5.99. The van der Waals surface area contributed by atoms with Crippen LogP contribution in [0.1, 0.15) is 43.4 Å². The van der Waals surface area contributed by atoms with Crippen LogP contribution in [0.2, 0.25) is 0 Å². The van der Waals surface area contributed by atoms with Gasteiger partial charge < -0.3 is 10.4 Å². The number of hydrogen-bond donors (Lipinski definition) is 2. The van der Waals surface area contributed by atoms with E-state index in [-0.39, 0.29) is 12.6 Å². The van der Waals surface area contributed by atoms with Gasteiger partial charge in [-0.25, -0.2) is 0 Å². The van der Waals surface area contributed by atoms with Crippen molar-refractivity contribution in [2.45, 2.75) is 38.3 Å². The third-order valence-electron chi connectivity index (χ3n) is 3.87. The highest BCUT2D eigenvalue weighted by Crippen LogP contribution is 2.27. The normalized spacial score (nSPS) is 24.7. The maximum absolute atomic E-state index is 9.32. The van der Waals surface area contributed by atoms with Crippen molar-refractivity contribution in [1.82, 2.24) is 5.32 Å². The minimum atomic E-state index is 0.218. The molecule has 1 saturated carbocycles. The van der Waals surface area contributed by atoms with Crippen molar-refractivity contribution in [3.05, 3.63) is 35.4 Å². The predicted molar refractivity (Wildman–Crippen MR) is 70.9 cm³/mol. The topological polar surface area (TPSA) is 56.0 Å². The lowest BCUT2D eigenvalue weighted by Crippen LogP contribution is -2.35. The summed E-state index contributed by atoms with van der Waals surface area (Å²) in [7, 11) is 0. The van der Waals surface area contributed by atoms with Gasteiger partial charge in [-0.2, -0.15) is 5.26 Å². The fourth-order valence-electron chi connectivity index (χ4n) is 2.77. The molecule has 2 N–H and O–H groups in total. The van der Waals surface area contributed by atoms with Crippen molar-refractivity contribution in [3.63, 3.8) is 0 Å². The van der Waals surface area contributed by atoms with Gasteiger partial charge >= 0.3 is 0 Å². The summed E-state index contributed by atoms with van der Waals surface area (Å²) in [6.45, 7) is 2.38. The minimum absolute atomic E-state index is 0.218. The van der Waals surface area contributed by atoms with Gasteiger partial charge in [0.1, 0.15) is 0 Å². The molecule has 1 aromatic carbocycles. The summed E-state index contributed by atoms with van der Waals surface area (Å²) in [6, 6.07) is 10.5. The zero-order chi connectivity index (χ0) is 13.0. The fraction of sp³-hybridized carbons (Fsp3) is 0.533. The molecule has 0 radical (unpaired) electrons. The molecule has 3 nitrogen and oxygen atoms in total. The van der Waals surface area contributed by atoms with Crippen LogP contribution in [0.3, 0.4) is 0 Å². The van der Waals surface area contributed by atoms with E-state index in [0.717, 1.165) is 18.4 Å². The van der Waals surface area contributed by atoms with Gasteiger partial charge in [0.05, 0.1) is 11.6 Å². The van der Waals surface area contributed by atoms with Crippen LogP contribution in [0.25, 0.3) is 0 Å². The van der Waals surface area contributed by atoms with E-state index in [1.165, 1.54) is 6.42 Å². The molecule has 2 rings (SSSR count). The summed E-state index contributed by atoms with van der Waals surface area (Å²) in [5, 5.41) is 21.8. The van der Waals surface area contributed by atoms with Crippen LogP contribution >= 0.6 is 0 Å². The van der Waals surface area contributed by atoms with E-state index in [1.54, 1.807) is 0 Å². The fourth-order valence-corrected chi connectivity index (χ4v) is 2.77. The zero-order valence-corrected chi connectivity index (χ0v) is 10.8. The first-order valence-electron chi connectivity index (χ1n) is 6.61. The Labute approximate surface area is 108 Å².